The van der Waals surface area contributed by atoms with E-state index in [2.05, 4.69) is 34.8 Å². The summed E-state index contributed by atoms with van der Waals surface area (Å²) in [5.41, 5.74) is 4.18. The van der Waals surface area contributed by atoms with E-state index in [4.69, 9.17) is 19.3 Å². The Kier molecular flexibility index (Phi) is 40.8. The van der Waals surface area contributed by atoms with Gasteiger partial charge in [0.25, 0.3) is 0 Å². The number of hydrogen-bond acceptors (Lipinski definition) is 10. The van der Waals surface area contributed by atoms with E-state index in [1.807, 2.05) is 25.2 Å². The number of thioether (sulfide) groups is 1. The number of nitrogens with one attached hydrogen (secondary N) is 3. The first-order chi connectivity index (χ1) is 26.4. The van der Waals surface area contributed by atoms with E-state index in [-0.39, 0.29) is 25.0 Å². The monoisotopic (exact) mass is 785 g/mol. The topological polar surface area (TPSA) is 142 Å². The van der Waals surface area contributed by atoms with Crippen LogP contribution in [-0.4, -0.2) is 118 Å². The van der Waals surface area contributed by atoms with E-state index in [9.17, 15) is 14.7 Å². The second-order valence-electron chi connectivity index (χ2n) is 13.9. The van der Waals surface area contributed by atoms with Crippen LogP contribution in [0.1, 0.15) is 142 Å². The van der Waals surface area contributed by atoms with E-state index in [1.54, 1.807) is 0 Å². The summed E-state index contributed by atoms with van der Waals surface area (Å²) >= 11 is 1.53. The molecule has 54 heavy (non-hydrogen) atoms. The van der Waals surface area contributed by atoms with Gasteiger partial charge in [-0.3, -0.25) is 9.59 Å². The molecular formula is C42H80N4O7S. The molecular weight excluding hydrogens is 705 g/mol. The van der Waals surface area contributed by atoms with Crippen molar-refractivity contribution in [3.05, 3.63) is 11.8 Å². The van der Waals surface area contributed by atoms with Gasteiger partial charge in [-0.2, -0.15) is 11.8 Å². The van der Waals surface area contributed by atoms with Crippen molar-refractivity contribution in [2.45, 2.75) is 148 Å². The molecule has 2 amide bonds. The highest BCUT2D eigenvalue weighted by molar-refractivity contribution is 7.99. The van der Waals surface area contributed by atoms with Crippen LogP contribution in [0.25, 0.3) is 0 Å². The third kappa shape index (κ3) is 39.8. The Balaban J connectivity index is 3.62. The summed E-state index contributed by atoms with van der Waals surface area (Å²) in [6, 6.07) is 0. The quantitative estimate of drug-likeness (QED) is 0.0265. The summed E-state index contributed by atoms with van der Waals surface area (Å²) in [7, 11) is 1.85. The Bertz CT molecular complexity index is 947. The molecule has 0 spiro atoms. The number of unbranched alkanes of at least 4 members (excludes halogenated alkanes) is 16. The van der Waals surface area contributed by atoms with Gasteiger partial charge in [-0.05, 0) is 38.2 Å². The predicted octanol–water partition coefficient (Wildman–Crippen LogP) is 6.52. The smallest absolute Gasteiger partial charge is 0.246 e. The number of nitrogens with zero attached hydrogens (tertiary/aromatic N) is 1. The number of hydrogen-bond donors (Lipinski definition) is 5. The molecule has 0 saturated heterocycles. The lowest BCUT2D eigenvalue weighted by atomic mass is 10.1. The molecule has 0 rings (SSSR count). The summed E-state index contributed by atoms with van der Waals surface area (Å²) in [5, 5.41) is 26.1. The second-order valence-corrected chi connectivity index (χ2v) is 15.1. The minimum atomic E-state index is -0.517. The van der Waals surface area contributed by atoms with Crippen molar-refractivity contribution < 1.29 is 34.0 Å². The molecule has 0 aromatic heterocycles. The summed E-state index contributed by atoms with van der Waals surface area (Å²) < 4.78 is 16.5. The van der Waals surface area contributed by atoms with E-state index in [1.165, 1.54) is 102 Å². The summed E-state index contributed by atoms with van der Waals surface area (Å²) in [4.78, 5) is 24.1. The molecule has 0 bridgehead atoms. The molecule has 0 heterocycles. The fraction of sp³-hybridized carbons (Fsp3) is 0.857. The van der Waals surface area contributed by atoms with Crippen molar-refractivity contribution in [1.82, 2.24) is 21.1 Å². The molecule has 0 aromatic rings. The van der Waals surface area contributed by atoms with Gasteiger partial charge < -0.3 is 40.1 Å². The maximum absolute atomic E-state index is 12.3. The van der Waals surface area contributed by atoms with Crippen LogP contribution in [0.15, 0.2) is 11.8 Å². The zero-order valence-electron chi connectivity index (χ0n) is 34.6. The highest BCUT2D eigenvalue weighted by Crippen LogP contribution is 2.12. The van der Waals surface area contributed by atoms with E-state index < -0.39 is 6.10 Å². The van der Waals surface area contributed by atoms with Gasteiger partial charge in [0.15, 0.2) is 0 Å². The maximum atomic E-state index is 12.3. The van der Waals surface area contributed by atoms with Crippen molar-refractivity contribution in [2.75, 3.05) is 84.4 Å². The lowest BCUT2D eigenvalue weighted by Crippen LogP contribution is -2.34. The number of amides is 2. The molecule has 0 aliphatic heterocycles. The Morgan fingerprint density at radius 3 is 1.91 bits per heavy atom. The molecule has 12 heteroatoms. The molecule has 0 fully saturated rings. The van der Waals surface area contributed by atoms with Crippen molar-refractivity contribution in [3.63, 3.8) is 0 Å². The first kappa shape index (κ1) is 52.2. The van der Waals surface area contributed by atoms with Gasteiger partial charge in [0, 0.05) is 63.7 Å². The summed E-state index contributed by atoms with van der Waals surface area (Å²) in [5.74, 6) is 7.88. The normalized spacial score (nSPS) is 12.0. The molecule has 1 atom stereocenters. The number of ether oxygens (including phenoxy) is 3. The van der Waals surface area contributed by atoms with Crippen molar-refractivity contribution in [1.29, 1.82) is 0 Å². The van der Waals surface area contributed by atoms with Crippen LogP contribution in [0, 0.1) is 11.8 Å². The average Bonchev–Trinajstić information content (AvgIpc) is 3.16. The van der Waals surface area contributed by atoms with Crippen LogP contribution in [-0.2, 0) is 23.8 Å². The van der Waals surface area contributed by atoms with Gasteiger partial charge in [0.1, 0.15) is 6.61 Å². The van der Waals surface area contributed by atoms with Crippen molar-refractivity contribution >= 4 is 23.6 Å². The van der Waals surface area contributed by atoms with Gasteiger partial charge in [-0.25, -0.2) is 5.43 Å². The number of rotatable bonds is 40. The van der Waals surface area contributed by atoms with Crippen molar-refractivity contribution in [2.24, 2.45) is 0 Å². The van der Waals surface area contributed by atoms with Crippen LogP contribution in [0.4, 0.5) is 0 Å². The second kappa shape index (κ2) is 42.3. The standard InChI is InChI=1S/C42H80N4O7S/c1-4-5-6-7-8-9-10-11-12-13-14-15-16-17-18-19-20-21-22-23-24-41(49)45-35-39(2)36-46(43-3)27-29-51-30-31-52-32-33-53-37-42(50)44-26-34-54-38-40(48)25-28-47/h36,40,43,47-48H,4-14,17-35,37-38H2,1-3H3,(H,44,50)(H,45,49)/b39-36+. The third-order valence-corrected chi connectivity index (χ3v) is 9.87. The van der Waals surface area contributed by atoms with Crippen LogP contribution in [0.5, 0.6) is 0 Å². The first-order valence-corrected chi connectivity index (χ1v) is 22.3. The van der Waals surface area contributed by atoms with Crippen LogP contribution in [0.2, 0.25) is 0 Å². The molecule has 0 radical (unpaired) electrons. The third-order valence-electron chi connectivity index (χ3n) is 8.76. The Morgan fingerprint density at radius 2 is 1.31 bits per heavy atom. The molecule has 0 aromatic carbocycles. The molecule has 11 nitrogen and oxygen atoms in total. The zero-order valence-corrected chi connectivity index (χ0v) is 35.4. The van der Waals surface area contributed by atoms with Crippen LogP contribution >= 0.6 is 11.8 Å². The minimum Gasteiger partial charge on any atom is -0.396 e. The Hall–Kier alpha value is -1.85. The van der Waals surface area contributed by atoms with Gasteiger partial charge in [0.2, 0.25) is 11.8 Å². The van der Waals surface area contributed by atoms with Crippen molar-refractivity contribution in [3.8, 4) is 11.8 Å². The first-order valence-electron chi connectivity index (χ1n) is 21.1. The summed E-state index contributed by atoms with van der Waals surface area (Å²) in [6.07, 6.45) is 25.1. The van der Waals surface area contributed by atoms with Gasteiger partial charge in [-0.1, -0.05) is 90.4 Å². The highest BCUT2D eigenvalue weighted by Gasteiger charge is 2.06. The van der Waals surface area contributed by atoms with E-state index >= 15 is 0 Å². The zero-order chi connectivity index (χ0) is 39.6. The molecule has 0 saturated carbocycles. The predicted molar refractivity (Wildman–Crippen MR) is 224 cm³/mol. The molecule has 0 aliphatic carbocycles. The molecule has 316 valence electrons. The lowest BCUT2D eigenvalue weighted by molar-refractivity contribution is -0.126. The van der Waals surface area contributed by atoms with Gasteiger partial charge in [-0.15, -0.1) is 11.8 Å². The number of carbonyl (C=O) groups is 2. The number of hydrazine groups is 1. The fourth-order valence-electron chi connectivity index (χ4n) is 5.50. The number of aliphatic hydroxyl groups is 2. The number of aliphatic hydroxyl groups excluding tert-OH is 2. The number of carbonyl (C=O) groups excluding carboxylic acids is 2. The molecule has 5 N–H and O–H groups in total. The van der Waals surface area contributed by atoms with Gasteiger partial charge in [0.05, 0.1) is 45.7 Å². The van der Waals surface area contributed by atoms with Crippen LogP contribution < -0.4 is 16.1 Å². The Morgan fingerprint density at radius 1 is 0.759 bits per heavy atom. The van der Waals surface area contributed by atoms with E-state index in [0.29, 0.717) is 77.0 Å². The summed E-state index contributed by atoms with van der Waals surface area (Å²) in [6.45, 7) is 7.99. The van der Waals surface area contributed by atoms with Crippen LogP contribution in [0.3, 0.4) is 0 Å². The SMILES string of the molecule is CCCCCCCCCCCCC#CCCCCCCCCC(=O)NC/C(C)=C/N(CCOCCOCCOCC(=O)NCCSCC(O)CCO)NC. The molecule has 0 aliphatic rings. The largest absolute Gasteiger partial charge is 0.396 e. The van der Waals surface area contributed by atoms with Gasteiger partial charge >= 0.3 is 0 Å². The minimum absolute atomic E-state index is 0.0231. The Labute approximate surface area is 334 Å². The molecule has 1 unspecified atom stereocenters. The highest BCUT2D eigenvalue weighted by atomic mass is 32.2. The lowest BCUT2D eigenvalue weighted by Gasteiger charge is -2.20. The maximum Gasteiger partial charge on any atom is 0.246 e. The van der Waals surface area contributed by atoms with E-state index in [0.717, 1.165) is 31.3 Å². The fourth-order valence-corrected chi connectivity index (χ4v) is 6.35. The average molecular weight is 785 g/mol.